The van der Waals surface area contributed by atoms with E-state index in [4.69, 9.17) is 0 Å². The van der Waals surface area contributed by atoms with Crippen molar-refractivity contribution in [3.8, 4) is 5.75 Å². The van der Waals surface area contributed by atoms with E-state index < -0.39 is 0 Å². The smallest absolute Gasteiger partial charge is 0.261 e. The van der Waals surface area contributed by atoms with Crippen LogP contribution in [-0.4, -0.2) is 34.9 Å². The molecule has 2 aromatic rings. The summed E-state index contributed by atoms with van der Waals surface area (Å²) in [4.78, 5) is 15.6. The normalized spacial score (nSPS) is 16.2. The second-order valence-electron chi connectivity index (χ2n) is 10.5. The molecule has 3 rings (SSSR count). The Labute approximate surface area is 197 Å². The quantitative estimate of drug-likeness (QED) is 0.439. The molecule has 1 aliphatic rings. The predicted molar refractivity (Wildman–Crippen MR) is 136 cm³/mol. The number of nitrogens with zero attached hydrogens (tertiary/aromatic N) is 1. The lowest BCUT2D eigenvalue weighted by molar-refractivity contribution is -0.124. The third-order valence-corrected chi connectivity index (χ3v) is 6.69. The Hall–Kier alpha value is -2.24. The molecule has 1 fully saturated rings. The van der Waals surface area contributed by atoms with Crippen LogP contribution in [0.15, 0.2) is 47.4 Å². The van der Waals surface area contributed by atoms with Crippen LogP contribution in [0.2, 0.25) is 0 Å². The lowest BCUT2D eigenvalue weighted by Gasteiger charge is -2.28. The summed E-state index contributed by atoms with van der Waals surface area (Å²) in [7, 11) is 0. The number of benzene rings is 2. The zero-order valence-electron chi connectivity index (χ0n) is 20.2. The Morgan fingerprint density at radius 3 is 2.19 bits per heavy atom. The Bertz CT molecular complexity index is 950. The van der Waals surface area contributed by atoms with Gasteiger partial charge in [-0.1, -0.05) is 83.6 Å². The lowest BCUT2D eigenvalue weighted by atomic mass is 9.78. The molecule has 4 nitrogen and oxygen atoms in total. The monoisotopic (exact) mass is 452 g/mol. The molecule has 5 heteroatoms. The van der Waals surface area contributed by atoms with Crippen molar-refractivity contribution < 1.29 is 9.90 Å². The van der Waals surface area contributed by atoms with Gasteiger partial charge in [0.05, 0.1) is 10.8 Å². The van der Waals surface area contributed by atoms with Gasteiger partial charge in [0.2, 0.25) is 0 Å². The van der Waals surface area contributed by atoms with Gasteiger partial charge in [0.25, 0.3) is 5.91 Å². The molecule has 0 aromatic heterocycles. The lowest BCUT2D eigenvalue weighted by Crippen LogP contribution is -2.32. The number of rotatable bonds is 6. The molecule has 32 heavy (non-hydrogen) atoms. The Morgan fingerprint density at radius 2 is 1.62 bits per heavy atom. The summed E-state index contributed by atoms with van der Waals surface area (Å²) in [5.74, 6) is 1.12. The minimum atomic E-state index is -0.193. The predicted octanol–water partition coefficient (Wildman–Crippen LogP) is 5.65. The molecule has 1 amide bonds. The van der Waals surface area contributed by atoms with Crippen LogP contribution in [-0.2, 0) is 22.2 Å². The summed E-state index contributed by atoms with van der Waals surface area (Å²) in [6.07, 6.45) is 1.98. The third kappa shape index (κ3) is 5.96. The van der Waals surface area contributed by atoms with E-state index in [9.17, 15) is 9.90 Å². The number of hydrogen-bond donors (Lipinski definition) is 2. The molecule has 0 atom stereocenters. The molecule has 0 radical (unpaired) electrons. The molecule has 0 spiro atoms. The van der Waals surface area contributed by atoms with Crippen LogP contribution >= 0.6 is 11.8 Å². The van der Waals surface area contributed by atoms with Gasteiger partial charge in [0.1, 0.15) is 5.75 Å². The van der Waals surface area contributed by atoms with Crippen molar-refractivity contribution in [2.45, 2.75) is 58.9 Å². The number of nitrogens with one attached hydrogen (secondary N) is 1. The van der Waals surface area contributed by atoms with Crippen LogP contribution in [0, 0.1) is 0 Å². The second-order valence-corrected chi connectivity index (χ2v) is 11.5. The van der Waals surface area contributed by atoms with E-state index in [2.05, 4.69) is 59.0 Å². The van der Waals surface area contributed by atoms with Crippen LogP contribution in [0.5, 0.6) is 5.75 Å². The van der Waals surface area contributed by atoms with E-state index in [-0.39, 0.29) is 16.7 Å². The van der Waals surface area contributed by atoms with E-state index in [0.717, 1.165) is 34.7 Å². The van der Waals surface area contributed by atoms with E-state index in [1.54, 1.807) is 11.8 Å². The number of carbonyl (C=O) groups is 1. The Morgan fingerprint density at radius 1 is 1.03 bits per heavy atom. The molecule has 0 saturated carbocycles. The fraction of sp³-hybridized carbons (Fsp3) is 0.444. The molecule has 0 aliphatic carbocycles. The van der Waals surface area contributed by atoms with Gasteiger partial charge in [-0.25, -0.2) is 0 Å². The maximum Gasteiger partial charge on any atom is 0.261 e. The first-order valence-corrected chi connectivity index (χ1v) is 12.2. The maximum atomic E-state index is 13.0. The van der Waals surface area contributed by atoms with Gasteiger partial charge in [-0.15, -0.1) is 0 Å². The molecule has 1 heterocycles. The topological polar surface area (TPSA) is 52.6 Å². The molecular formula is C27H36N2O2S. The number of hydrogen-bond acceptors (Lipinski definition) is 4. The van der Waals surface area contributed by atoms with Crippen molar-refractivity contribution in [3.63, 3.8) is 0 Å². The Balaban J connectivity index is 1.72. The molecule has 2 N–H and O–H groups in total. The Kier molecular flexibility index (Phi) is 7.41. The standard InChI is InChI=1S/C27H36N2O2S/c1-26(2,3)21-14-20(15-22(24(21)30)27(4,5)6)16-23-25(31)29(18-32-23)13-12-28-17-19-10-8-7-9-11-19/h7-11,14-16,28,30H,12-13,17-18H2,1-6H3. The molecular weight excluding hydrogens is 416 g/mol. The van der Waals surface area contributed by atoms with E-state index in [0.29, 0.717) is 18.2 Å². The van der Waals surface area contributed by atoms with Crippen molar-refractivity contribution in [1.82, 2.24) is 10.2 Å². The van der Waals surface area contributed by atoms with Gasteiger partial charge in [0, 0.05) is 30.8 Å². The fourth-order valence-electron chi connectivity index (χ4n) is 3.77. The van der Waals surface area contributed by atoms with Crippen LogP contribution in [0.4, 0.5) is 0 Å². The highest BCUT2D eigenvalue weighted by Gasteiger charge is 2.29. The largest absolute Gasteiger partial charge is 0.507 e. The zero-order chi connectivity index (χ0) is 23.5. The van der Waals surface area contributed by atoms with Gasteiger partial charge in [-0.3, -0.25) is 4.79 Å². The SMILES string of the molecule is CC(C)(C)c1cc(C=C2SCN(CCNCc3ccccc3)C2=O)cc(C(C)(C)C)c1O. The van der Waals surface area contributed by atoms with Crippen LogP contribution in [0.1, 0.15) is 63.8 Å². The van der Waals surface area contributed by atoms with Gasteiger partial charge < -0.3 is 15.3 Å². The number of phenolic OH excluding ortho intramolecular Hbond substituents is 1. The van der Waals surface area contributed by atoms with Crippen LogP contribution < -0.4 is 5.32 Å². The molecule has 1 saturated heterocycles. The van der Waals surface area contributed by atoms with Crippen LogP contribution in [0.3, 0.4) is 0 Å². The minimum Gasteiger partial charge on any atom is -0.507 e. The van der Waals surface area contributed by atoms with E-state index in [1.165, 1.54) is 5.56 Å². The number of thioether (sulfide) groups is 1. The summed E-state index contributed by atoms with van der Waals surface area (Å²) < 4.78 is 0. The minimum absolute atomic E-state index is 0.0826. The van der Waals surface area contributed by atoms with E-state index >= 15 is 0 Å². The van der Waals surface area contributed by atoms with Crippen molar-refractivity contribution >= 4 is 23.7 Å². The second kappa shape index (κ2) is 9.72. The average molecular weight is 453 g/mol. The van der Waals surface area contributed by atoms with E-state index in [1.807, 2.05) is 41.3 Å². The summed E-state index contributed by atoms with van der Waals surface area (Å²) >= 11 is 1.59. The fourth-order valence-corrected chi connectivity index (χ4v) is 4.78. The summed E-state index contributed by atoms with van der Waals surface area (Å²) in [6, 6.07) is 14.3. The van der Waals surface area contributed by atoms with Gasteiger partial charge in [0.15, 0.2) is 0 Å². The number of amides is 1. The highest BCUT2D eigenvalue weighted by atomic mass is 32.2. The van der Waals surface area contributed by atoms with Crippen molar-refractivity contribution in [1.29, 1.82) is 0 Å². The average Bonchev–Trinajstić information content (AvgIpc) is 3.05. The summed E-state index contributed by atoms with van der Waals surface area (Å²) in [5, 5.41) is 14.4. The van der Waals surface area contributed by atoms with Gasteiger partial charge >= 0.3 is 0 Å². The van der Waals surface area contributed by atoms with Crippen LogP contribution in [0.25, 0.3) is 6.08 Å². The van der Waals surface area contributed by atoms with Crippen molar-refractivity contribution in [3.05, 3.63) is 69.6 Å². The van der Waals surface area contributed by atoms with Crippen molar-refractivity contribution in [2.75, 3.05) is 19.0 Å². The first-order valence-electron chi connectivity index (χ1n) is 11.2. The van der Waals surface area contributed by atoms with Crippen molar-refractivity contribution in [2.24, 2.45) is 0 Å². The highest BCUT2D eigenvalue weighted by molar-refractivity contribution is 8.04. The zero-order valence-corrected chi connectivity index (χ0v) is 21.0. The first-order chi connectivity index (χ1) is 15.0. The highest BCUT2D eigenvalue weighted by Crippen LogP contribution is 2.41. The van der Waals surface area contributed by atoms with Gasteiger partial charge in [-0.2, -0.15) is 0 Å². The molecule has 0 unspecified atom stereocenters. The summed E-state index contributed by atoms with van der Waals surface area (Å²) in [5.41, 5.74) is 3.65. The molecule has 172 valence electrons. The number of carbonyl (C=O) groups excluding carboxylic acids is 1. The molecule has 1 aliphatic heterocycles. The number of aromatic hydroxyl groups is 1. The maximum absolute atomic E-state index is 13.0. The third-order valence-electron chi connectivity index (χ3n) is 5.65. The molecule has 0 bridgehead atoms. The first kappa shape index (κ1) is 24.4. The van der Waals surface area contributed by atoms with Gasteiger partial charge in [-0.05, 0) is 40.2 Å². The number of phenols is 1. The summed E-state index contributed by atoms with van der Waals surface area (Å²) in [6.45, 7) is 14.9. The molecule has 2 aromatic carbocycles.